The Morgan fingerprint density at radius 2 is 1.94 bits per heavy atom. The molecule has 0 unspecified atom stereocenters. The molecule has 178 valence electrons. The van der Waals surface area contributed by atoms with E-state index in [9.17, 15) is 18.0 Å². The molecule has 4 rings (SSSR count). The molecular weight excluding hydrogens is 462 g/mol. The van der Waals surface area contributed by atoms with E-state index in [0.29, 0.717) is 47.9 Å². The summed E-state index contributed by atoms with van der Waals surface area (Å²) < 4.78 is 30.3. The lowest BCUT2D eigenvalue weighted by Gasteiger charge is -2.16. The SMILES string of the molecule is COCCCNC(=O)c1c(NC(=O)c2ccc3c(c2)CCN3S(C)(=O)=O)sc2c1CCCC2. The van der Waals surface area contributed by atoms with E-state index in [1.807, 2.05) is 0 Å². The molecule has 0 saturated heterocycles. The predicted molar refractivity (Wildman–Crippen MR) is 130 cm³/mol. The molecule has 0 bridgehead atoms. The summed E-state index contributed by atoms with van der Waals surface area (Å²) in [6.45, 7) is 1.46. The first kappa shape index (κ1) is 23.7. The van der Waals surface area contributed by atoms with Crippen LogP contribution in [0.2, 0.25) is 0 Å². The number of amides is 2. The van der Waals surface area contributed by atoms with Crippen molar-refractivity contribution < 1.29 is 22.7 Å². The van der Waals surface area contributed by atoms with Crippen molar-refractivity contribution in [3.63, 3.8) is 0 Å². The van der Waals surface area contributed by atoms with Gasteiger partial charge in [0.15, 0.2) is 0 Å². The zero-order chi connectivity index (χ0) is 23.6. The van der Waals surface area contributed by atoms with Crippen LogP contribution in [0.15, 0.2) is 18.2 Å². The Kier molecular flexibility index (Phi) is 7.06. The number of rotatable bonds is 8. The number of methoxy groups -OCH3 is 1. The summed E-state index contributed by atoms with van der Waals surface area (Å²) in [5, 5.41) is 6.49. The minimum Gasteiger partial charge on any atom is -0.385 e. The number of sulfonamides is 1. The molecule has 0 saturated carbocycles. The lowest BCUT2D eigenvalue weighted by Crippen LogP contribution is -2.27. The number of nitrogens with one attached hydrogen (secondary N) is 2. The third kappa shape index (κ3) is 5.07. The molecule has 2 heterocycles. The number of carbonyl (C=O) groups is 2. The minimum absolute atomic E-state index is 0.168. The lowest BCUT2D eigenvalue weighted by molar-refractivity contribution is 0.0948. The van der Waals surface area contributed by atoms with E-state index in [1.165, 1.54) is 21.9 Å². The van der Waals surface area contributed by atoms with E-state index in [-0.39, 0.29) is 11.8 Å². The molecule has 1 aliphatic carbocycles. The van der Waals surface area contributed by atoms with E-state index >= 15 is 0 Å². The monoisotopic (exact) mass is 491 g/mol. The molecule has 10 heteroatoms. The number of hydrogen-bond donors (Lipinski definition) is 2. The number of benzene rings is 1. The fraction of sp³-hybridized carbons (Fsp3) is 0.478. The van der Waals surface area contributed by atoms with Gasteiger partial charge in [0.05, 0.1) is 17.5 Å². The molecule has 1 aromatic heterocycles. The van der Waals surface area contributed by atoms with Gasteiger partial charge in [-0.2, -0.15) is 0 Å². The molecule has 2 aliphatic rings. The van der Waals surface area contributed by atoms with Gasteiger partial charge in [-0.25, -0.2) is 8.42 Å². The van der Waals surface area contributed by atoms with Gasteiger partial charge >= 0.3 is 0 Å². The van der Waals surface area contributed by atoms with Crippen molar-refractivity contribution in [2.45, 2.75) is 38.5 Å². The van der Waals surface area contributed by atoms with Crippen LogP contribution in [0.3, 0.4) is 0 Å². The van der Waals surface area contributed by atoms with Gasteiger partial charge in [-0.1, -0.05) is 0 Å². The molecule has 2 amide bonds. The largest absolute Gasteiger partial charge is 0.385 e. The summed E-state index contributed by atoms with van der Waals surface area (Å²) in [6.07, 6.45) is 6.33. The van der Waals surface area contributed by atoms with Crippen molar-refractivity contribution in [2.24, 2.45) is 0 Å². The number of fused-ring (bicyclic) bond motifs is 2. The first-order chi connectivity index (χ1) is 15.8. The van der Waals surface area contributed by atoms with Gasteiger partial charge in [-0.05, 0) is 67.9 Å². The summed E-state index contributed by atoms with van der Waals surface area (Å²) in [6, 6.07) is 5.06. The fourth-order valence-corrected chi connectivity index (χ4v) is 6.67. The van der Waals surface area contributed by atoms with Gasteiger partial charge in [0.2, 0.25) is 10.0 Å². The molecule has 1 aromatic carbocycles. The third-order valence-corrected chi connectivity index (χ3v) is 8.42. The maximum absolute atomic E-state index is 13.1. The molecule has 0 spiro atoms. The van der Waals surface area contributed by atoms with Crippen LogP contribution in [-0.4, -0.2) is 53.3 Å². The van der Waals surface area contributed by atoms with Gasteiger partial charge in [0, 0.05) is 37.2 Å². The zero-order valence-electron chi connectivity index (χ0n) is 18.9. The van der Waals surface area contributed by atoms with Crippen molar-refractivity contribution in [1.29, 1.82) is 0 Å². The molecule has 0 fully saturated rings. The Morgan fingerprint density at radius 3 is 2.70 bits per heavy atom. The van der Waals surface area contributed by atoms with Crippen molar-refractivity contribution in [3.05, 3.63) is 45.3 Å². The maximum atomic E-state index is 13.1. The first-order valence-corrected chi connectivity index (χ1v) is 13.8. The summed E-state index contributed by atoms with van der Waals surface area (Å²) in [5.74, 6) is -0.471. The van der Waals surface area contributed by atoms with Crippen LogP contribution >= 0.6 is 11.3 Å². The number of thiophene rings is 1. The third-order valence-electron chi connectivity index (χ3n) is 6.03. The zero-order valence-corrected chi connectivity index (χ0v) is 20.5. The number of anilines is 2. The molecular formula is C23H29N3O5S2. The average molecular weight is 492 g/mol. The summed E-state index contributed by atoms with van der Waals surface area (Å²) >= 11 is 1.48. The highest BCUT2D eigenvalue weighted by Gasteiger charge is 2.29. The standard InChI is InChI=1S/C23H29N3O5S2/c1-31-13-5-11-24-22(28)20-17-6-3-4-7-19(17)32-23(20)25-21(27)16-8-9-18-15(14-16)10-12-26(18)33(2,29)30/h8-9,14H,3-7,10-13H2,1-2H3,(H,24,28)(H,25,27). The highest BCUT2D eigenvalue weighted by Crippen LogP contribution is 2.38. The minimum atomic E-state index is -3.34. The van der Waals surface area contributed by atoms with Crippen LogP contribution in [0.1, 0.15) is 56.0 Å². The summed E-state index contributed by atoms with van der Waals surface area (Å²) in [7, 11) is -1.72. The number of carbonyl (C=O) groups excluding carboxylic acids is 2. The van der Waals surface area contributed by atoms with Crippen molar-refractivity contribution in [1.82, 2.24) is 5.32 Å². The summed E-state index contributed by atoms with van der Waals surface area (Å²) in [4.78, 5) is 27.3. The van der Waals surface area contributed by atoms with Crippen molar-refractivity contribution >= 4 is 43.9 Å². The molecule has 1 aliphatic heterocycles. The van der Waals surface area contributed by atoms with Crippen molar-refractivity contribution in [3.8, 4) is 0 Å². The topological polar surface area (TPSA) is 105 Å². The van der Waals surface area contributed by atoms with E-state index < -0.39 is 10.0 Å². The quantitative estimate of drug-likeness (QED) is 0.553. The highest BCUT2D eigenvalue weighted by atomic mass is 32.2. The van der Waals surface area contributed by atoms with Crippen LogP contribution in [0.5, 0.6) is 0 Å². The number of hydrogen-bond acceptors (Lipinski definition) is 6. The van der Waals surface area contributed by atoms with Crippen LogP contribution in [-0.2, 0) is 34.0 Å². The number of ether oxygens (including phenoxy) is 1. The van der Waals surface area contributed by atoms with Gasteiger partial charge in [-0.15, -0.1) is 11.3 Å². The predicted octanol–water partition coefficient (Wildman–Crippen LogP) is 2.97. The number of aryl methyl sites for hydroxylation is 1. The molecule has 0 atom stereocenters. The Balaban J connectivity index is 1.56. The lowest BCUT2D eigenvalue weighted by atomic mass is 9.95. The Morgan fingerprint density at radius 1 is 1.15 bits per heavy atom. The van der Waals surface area contributed by atoms with Gasteiger partial charge in [0.25, 0.3) is 11.8 Å². The molecule has 33 heavy (non-hydrogen) atoms. The Labute approximate surface area is 198 Å². The maximum Gasteiger partial charge on any atom is 0.256 e. The fourth-order valence-electron chi connectivity index (χ4n) is 4.43. The first-order valence-electron chi connectivity index (χ1n) is 11.1. The normalized spacial score (nSPS) is 15.2. The Bertz CT molecular complexity index is 1170. The van der Waals surface area contributed by atoms with Gasteiger partial charge in [0.1, 0.15) is 5.00 Å². The molecule has 0 radical (unpaired) electrons. The second-order valence-corrected chi connectivity index (χ2v) is 11.4. The van der Waals surface area contributed by atoms with Crippen LogP contribution < -0.4 is 14.9 Å². The Hall–Kier alpha value is -2.43. The highest BCUT2D eigenvalue weighted by molar-refractivity contribution is 7.92. The van der Waals surface area contributed by atoms with E-state index in [1.54, 1.807) is 25.3 Å². The smallest absolute Gasteiger partial charge is 0.256 e. The van der Waals surface area contributed by atoms with Crippen molar-refractivity contribution in [2.75, 3.05) is 42.7 Å². The molecule has 8 nitrogen and oxygen atoms in total. The second-order valence-electron chi connectivity index (χ2n) is 8.40. The van der Waals surface area contributed by atoms with Gasteiger partial charge < -0.3 is 15.4 Å². The van der Waals surface area contributed by atoms with Crippen LogP contribution in [0.25, 0.3) is 0 Å². The van der Waals surface area contributed by atoms with Gasteiger partial charge in [-0.3, -0.25) is 13.9 Å². The summed E-state index contributed by atoms with van der Waals surface area (Å²) in [5.41, 5.74) is 3.52. The van der Waals surface area contributed by atoms with E-state index in [4.69, 9.17) is 4.74 Å². The van der Waals surface area contributed by atoms with E-state index in [0.717, 1.165) is 48.1 Å². The second kappa shape index (κ2) is 9.82. The van der Waals surface area contributed by atoms with Crippen LogP contribution in [0.4, 0.5) is 10.7 Å². The molecule has 2 N–H and O–H groups in total. The molecule has 2 aromatic rings. The van der Waals surface area contributed by atoms with Crippen LogP contribution in [0, 0.1) is 0 Å². The van der Waals surface area contributed by atoms with E-state index in [2.05, 4.69) is 10.6 Å². The number of nitrogens with zero attached hydrogens (tertiary/aromatic N) is 1. The average Bonchev–Trinajstić information content (AvgIpc) is 3.37.